The predicted octanol–water partition coefficient (Wildman–Crippen LogP) is 3.72. The number of benzene rings is 1. The van der Waals surface area contributed by atoms with Gasteiger partial charge in [0.15, 0.2) is 5.82 Å². The maximum Gasteiger partial charge on any atom is 0.255 e. The minimum Gasteiger partial charge on any atom is -0.491 e. The third-order valence-electron chi connectivity index (χ3n) is 6.74. The van der Waals surface area contributed by atoms with Gasteiger partial charge in [-0.2, -0.15) is 0 Å². The van der Waals surface area contributed by atoms with Crippen LogP contribution in [0.15, 0.2) is 22.7 Å². The molecule has 1 saturated heterocycles. The largest absolute Gasteiger partial charge is 0.491 e. The summed E-state index contributed by atoms with van der Waals surface area (Å²) in [6, 6.07) is 4.17. The number of piperazine rings is 1. The zero-order chi connectivity index (χ0) is 27.6. The zero-order valence-electron chi connectivity index (χ0n) is 22.1. The number of hydrogen-bond donors (Lipinski definition) is 2. The van der Waals surface area contributed by atoms with Crippen molar-refractivity contribution in [2.45, 2.75) is 39.3 Å². The van der Waals surface area contributed by atoms with Gasteiger partial charge in [-0.3, -0.25) is 4.90 Å². The van der Waals surface area contributed by atoms with Gasteiger partial charge in [0.25, 0.3) is 6.43 Å². The van der Waals surface area contributed by atoms with E-state index in [1.807, 2.05) is 18.7 Å². The summed E-state index contributed by atoms with van der Waals surface area (Å²) in [7, 11) is 3.46. The van der Waals surface area contributed by atoms with Crippen LogP contribution in [-0.2, 0) is 0 Å². The fraction of sp³-hybridized carbons (Fsp3) is 0.500. The fourth-order valence-electron chi connectivity index (χ4n) is 4.62. The van der Waals surface area contributed by atoms with E-state index in [2.05, 4.69) is 10.5 Å². The van der Waals surface area contributed by atoms with Crippen LogP contribution in [0.1, 0.15) is 17.0 Å². The lowest BCUT2D eigenvalue weighted by atomic mass is 10.0. The molecule has 1 aromatic carbocycles. The molecule has 0 aliphatic carbocycles. The Labute approximate surface area is 225 Å². The number of halogens is 3. The molecule has 9 nitrogen and oxygen atoms in total. The average Bonchev–Trinajstić information content (AvgIpc) is 3.21. The third kappa shape index (κ3) is 5.90. The Morgan fingerprint density at radius 1 is 1.24 bits per heavy atom. The minimum absolute atomic E-state index is 0.0859. The molecule has 3 heterocycles. The Balaban J connectivity index is 1.81. The van der Waals surface area contributed by atoms with Gasteiger partial charge in [0.2, 0.25) is 0 Å². The summed E-state index contributed by atoms with van der Waals surface area (Å²) in [5.41, 5.74) is 3.23. The van der Waals surface area contributed by atoms with Crippen LogP contribution in [-0.4, -0.2) is 90.6 Å². The summed E-state index contributed by atoms with van der Waals surface area (Å²) in [4.78, 5) is 13.3. The molecule has 0 spiro atoms. The average molecular weight is 551 g/mol. The van der Waals surface area contributed by atoms with Crippen LogP contribution < -0.4 is 15.0 Å². The Morgan fingerprint density at radius 3 is 2.66 bits per heavy atom. The Bertz CT molecular complexity index is 1250. The van der Waals surface area contributed by atoms with Gasteiger partial charge in [-0.15, -0.1) is 0 Å². The molecule has 12 heteroatoms. The number of aromatic nitrogens is 3. The van der Waals surface area contributed by atoms with E-state index < -0.39 is 18.6 Å². The summed E-state index contributed by atoms with van der Waals surface area (Å²) in [5.74, 6) is 1.95. The van der Waals surface area contributed by atoms with Crippen LogP contribution in [0.5, 0.6) is 5.75 Å². The predicted molar refractivity (Wildman–Crippen MR) is 142 cm³/mol. The third-order valence-corrected chi connectivity index (χ3v) is 7.07. The molecule has 2 atom stereocenters. The highest BCUT2D eigenvalue weighted by Crippen LogP contribution is 2.37. The molecule has 2 aromatic heterocycles. The van der Waals surface area contributed by atoms with Gasteiger partial charge in [-0.05, 0) is 53.1 Å². The van der Waals surface area contributed by atoms with E-state index in [1.54, 1.807) is 44.1 Å². The topological polar surface area (TPSA) is 99.8 Å². The first-order valence-corrected chi connectivity index (χ1v) is 12.8. The van der Waals surface area contributed by atoms with Crippen molar-refractivity contribution in [2.24, 2.45) is 0 Å². The number of hydrogen-bond acceptors (Lipinski definition) is 9. The van der Waals surface area contributed by atoms with E-state index in [1.165, 1.54) is 0 Å². The van der Waals surface area contributed by atoms with Crippen LogP contribution in [0.25, 0.3) is 22.6 Å². The lowest BCUT2D eigenvalue weighted by molar-refractivity contribution is 0.0324. The molecule has 38 heavy (non-hydrogen) atoms. The number of alkyl halides is 2. The van der Waals surface area contributed by atoms with Crippen molar-refractivity contribution in [3.63, 3.8) is 0 Å². The van der Waals surface area contributed by atoms with Crippen molar-refractivity contribution >= 4 is 17.4 Å². The highest BCUT2D eigenvalue weighted by Gasteiger charge is 2.33. The van der Waals surface area contributed by atoms with Crippen molar-refractivity contribution in [1.29, 1.82) is 0 Å². The number of rotatable bonds is 9. The minimum atomic E-state index is -2.49. The summed E-state index contributed by atoms with van der Waals surface area (Å²) in [5, 5.41) is 17.4. The van der Waals surface area contributed by atoms with Gasteiger partial charge in [0, 0.05) is 37.3 Å². The van der Waals surface area contributed by atoms with Crippen molar-refractivity contribution in [2.75, 3.05) is 51.8 Å². The summed E-state index contributed by atoms with van der Waals surface area (Å²) in [6.45, 7) is 7.09. The van der Waals surface area contributed by atoms with E-state index in [-0.39, 0.29) is 13.2 Å². The quantitative estimate of drug-likeness (QED) is 0.413. The zero-order valence-corrected chi connectivity index (χ0v) is 22.9. The molecular weight excluding hydrogens is 518 g/mol. The molecular formula is C26H33ClF2N6O3. The van der Waals surface area contributed by atoms with E-state index in [9.17, 15) is 13.9 Å². The molecule has 0 bridgehead atoms. The molecule has 0 radical (unpaired) electrons. The second-order valence-electron chi connectivity index (χ2n) is 9.54. The summed E-state index contributed by atoms with van der Waals surface area (Å²) in [6.07, 6.45) is -3.18. The van der Waals surface area contributed by atoms with Crippen molar-refractivity contribution in [3.8, 4) is 28.4 Å². The number of nitrogens with zero attached hydrogens (tertiary/aromatic N) is 5. The molecule has 1 fully saturated rings. The molecule has 3 aromatic rings. The Morgan fingerprint density at radius 2 is 2.00 bits per heavy atom. The molecule has 2 N–H and O–H groups in total. The van der Waals surface area contributed by atoms with Gasteiger partial charge < -0.3 is 24.6 Å². The number of anilines is 1. The first-order valence-electron chi connectivity index (χ1n) is 12.4. The number of aliphatic hydroxyl groups excluding tert-OH is 1. The number of aryl methyl sites for hydroxylation is 2. The number of aliphatic hydroxyl groups is 1. The first-order chi connectivity index (χ1) is 18.1. The lowest BCUT2D eigenvalue weighted by Crippen LogP contribution is -2.54. The normalized spacial score (nSPS) is 17.3. The number of likely N-dealkylation sites (N-methyl/N-ethyl adjacent to an activating group) is 2. The van der Waals surface area contributed by atoms with Crippen LogP contribution in [0.3, 0.4) is 0 Å². The summed E-state index contributed by atoms with van der Waals surface area (Å²) < 4.78 is 38.8. The maximum atomic E-state index is 13.8. The van der Waals surface area contributed by atoms with Gasteiger partial charge >= 0.3 is 0 Å². The SMILES string of the molecule is CNC[C@H](O)COc1ccc(Cl)c(-c2nc(-c3c(C)noc3C)c(C)c(N3CCN(C)C(C(F)F)C3)n2)c1. The molecule has 1 aliphatic rings. The van der Waals surface area contributed by atoms with Crippen LogP contribution in [0.4, 0.5) is 14.6 Å². The standard InChI is InChI=1S/C26H33ClF2N6O3/c1-14-23(22-15(2)33-38-16(22)3)31-25(32-26(14)35-9-8-34(5)21(12-35)24(28)29)19-10-18(6-7-20(19)27)37-13-17(36)11-30-4/h6-7,10,17,21,24,30,36H,8-9,11-13H2,1-5H3/t17-,21?/m0/s1. The molecule has 1 unspecified atom stereocenters. The van der Waals surface area contributed by atoms with Gasteiger partial charge in [-0.1, -0.05) is 16.8 Å². The van der Waals surface area contributed by atoms with Crippen molar-refractivity contribution < 1.29 is 23.1 Å². The maximum absolute atomic E-state index is 13.8. The second-order valence-corrected chi connectivity index (χ2v) is 9.94. The van der Waals surface area contributed by atoms with Gasteiger partial charge in [0.1, 0.15) is 30.0 Å². The molecule has 0 saturated carbocycles. The van der Waals surface area contributed by atoms with E-state index in [0.717, 1.165) is 11.1 Å². The molecule has 1 aliphatic heterocycles. The van der Waals surface area contributed by atoms with Crippen molar-refractivity contribution in [1.82, 2.24) is 25.3 Å². The molecule has 4 rings (SSSR count). The Kier molecular flexibility index (Phi) is 8.81. The smallest absolute Gasteiger partial charge is 0.255 e. The monoisotopic (exact) mass is 550 g/mol. The fourth-order valence-corrected chi connectivity index (χ4v) is 4.82. The Hall–Kier alpha value is -2.86. The van der Waals surface area contributed by atoms with E-state index in [0.29, 0.717) is 64.8 Å². The van der Waals surface area contributed by atoms with E-state index >= 15 is 0 Å². The van der Waals surface area contributed by atoms with E-state index in [4.69, 9.17) is 30.8 Å². The highest BCUT2D eigenvalue weighted by molar-refractivity contribution is 6.33. The van der Waals surface area contributed by atoms with Gasteiger partial charge in [-0.25, -0.2) is 18.7 Å². The highest BCUT2D eigenvalue weighted by atomic mass is 35.5. The van der Waals surface area contributed by atoms with Crippen LogP contribution in [0.2, 0.25) is 5.02 Å². The van der Waals surface area contributed by atoms with Crippen LogP contribution >= 0.6 is 11.6 Å². The summed E-state index contributed by atoms with van der Waals surface area (Å²) >= 11 is 6.60. The van der Waals surface area contributed by atoms with Crippen molar-refractivity contribution in [3.05, 3.63) is 40.2 Å². The van der Waals surface area contributed by atoms with Crippen LogP contribution in [0, 0.1) is 20.8 Å². The number of ether oxygens (including phenoxy) is 1. The second kappa shape index (κ2) is 11.9. The number of nitrogens with one attached hydrogen (secondary N) is 1. The molecule has 206 valence electrons. The lowest BCUT2D eigenvalue weighted by Gasteiger charge is -2.40. The molecule has 0 amide bonds. The van der Waals surface area contributed by atoms with Gasteiger partial charge in [0.05, 0.1) is 28.0 Å². The first kappa shape index (κ1) is 28.2.